The summed E-state index contributed by atoms with van der Waals surface area (Å²) in [6, 6.07) is 0. The maximum absolute atomic E-state index is 9.49. The van der Waals surface area contributed by atoms with Gasteiger partial charge in [-0.1, -0.05) is 20.8 Å². The lowest BCUT2D eigenvalue weighted by molar-refractivity contribution is 0.0163. The summed E-state index contributed by atoms with van der Waals surface area (Å²) in [6.45, 7) is 6.52. The molecule has 0 saturated heterocycles. The largest absolute Gasteiger partial charge is 0.395 e. The summed E-state index contributed by atoms with van der Waals surface area (Å²) >= 11 is 0. The highest BCUT2D eigenvalue weighted by Gasteiger charge is 2.24. The lowest BCUT2D eigenvalue weighted by Crippen LogP contribution is -2.42. The highest BCUT2D eigenvalue weighted by atomic mass is 16.3. The van der Waals surface area contributed by atoms with Crippen LogP contribution in [0.4, 0.5) is 0 Å². The van der Waals surface area contributed by atoms with Gasteiger partial charge in [0.2, 0.25) is 0 Å². The van der Waals surface area contributed by atoms with Crippen LogP contribution >= 0.6 is 0 Å². The van der Waals surface area contributed by atoms with E-state index in [-0.39, 0.29) is 12.0 Å². The second-order valence-electron chi connectivity index (χ2n) is 3.42. The molecule has 0 radical (unpaired) electrons. The maximum atomic E-state index is 9.49. The van der Waals surface area contributed by atoms with Crippen molar-refractivity contribution in [3.8, 4) is 0 Å². The number of rotatable bonds is 5. The van der Waals surface area contributed by atoms with Crippen molar-refractivity contribution in [1.29, 1.82) is 0 Å². The third-order valence-corrected chi connectivity index (χ3v) is 2.10. The highest BCUT2D eigenvalue weighted by molar-refractivity contribution is 4.73. The molecule has 3 heteroatoms. The van der Waals surface area contributed by atoms with Crippen molar-refractivity contribution in [3.63, 3.8) is 0 Å². The Bertz CT molecular complexity index is 104. The normalized spacial score (nSPS) is 15.0. The SMILES string of the molecule is CCC(C)(C)C(O)NCCO. The van der Waals surface area contributed by atoms with E-state index in [1.165, 1.54) is 0 Å². The van der Waals surface area contributed by atoms with E-state index in [1.54, 1.807) is 0 Å². The van der Waals surface area contributed by atoms with E-state index in [1.807, 2.05) is 20.8 Å². The van der Waals surface area contributed by atoms with Crippen LogP contribution in [-0.2, 0) is 0 Å². The zero-order chi connectivity index (χ0) is 8.91. The summed E-state index contributed by atoms with van der Waals surface area (Å²) in [5, 5.41) is 20.8. The Morgan fingerprint density at radius 3 is 2.36 bits per heavy atom. The fourth-order valence-corrected chi connectivity index (χ4v) is 0.671. The van der Waals surface area contributed by atoms with Gasteiger partial charge in [-0.3, -0.25) is 5.32 Å². The molecule has 0 spiro atoms. The molecule has 1 atom stereocenters. The first-order chi connectivity index (χ1) is 5.04. The van der Waals surface area contributed by atoms with Gasteiger partial charge in [0, 0.05) is 12.0 Å². The summed E-state index contributed by atoms with van der Waals surface area (Å²) in [4.78, 5) is 0. The summed E-state index contributed by atoms with van der Waals surface area (Å²) in [5.41, 5.74) is -0.116. The second kappa shape index (κ2) is 4.70. The second-order valence-corrected chi connectivity index (χ2v) is 3.42. The van der Waals surface area contributed by atoms with Gasteiger partial charge in [-0.25, -0.2) is 0 Å². The van der Waals surface area contributed by atoms with Gasteiger partial charge in [0.05, 0.1) is 6.61 Å². The Labute approximate surface area is 68.4 Å². The Morgan fingerprint density at radius 1 is 1.45 bits per heavy atom. The number of hydrogen-bond donors (Lipinski definition) is 3. The van der Waals surface area contributed by atoms with Gasteiger partial charge in [-0.15, -0.1) is 0 Å². The smallest absolute Gasteiger partial charge is 0.110 e. The van der Waals surface area contributed by atoms with E-state index in [4.69, 9.17) is 5.11 Å². The molecule has 68 valence electrons. The maximum Gasteiger partial charge on any atom is 0.110 e. The number of aliphatic hydroxyl groups is 2. The zero-order valence-electron chi connectivity index (χ0n) is 7.59. The first-order valence-corrected chi connectivity index (χ1v) is 4.07. The fraction of sp³-hybridized carbons (Fsp3) is 1.00. The average molecular weight is 161 g/mol. The Hall–Kier alpha value is -0.120. The molecule has 0 aromatic carbocycles. The first kappa shape index (κ1) is 10.9. The van der Waals surface area contributed by atoms with Crippen LogP contribution in [0.3, 0.4) is 0 Å². The molecule has 3 N–H and O–H groups in total. The molecular formula is C8H19NO2. The number of nitrogens with one attached hydrogen (secondary N) is 1. The van der Waals surface area contributed by atoms with Crippen LogP contribution in [0, 0.1) is 5.41 Å². The Balaban J connectivity index is 3.71. The molecule has 0 aromatic rings. The molecule has 1 unspecified atom stereocenters. The quantitative estimate of drug-likeness (QED) is 0.509. The van der Waals surface area contributed by atoms with Gasteiger partial charge in [0.15, 0.2) is 0 Å². The van der Waals surface area contributed by atoms with Gasteiger partial charge < -0.3 is 10.2 Å². The predicted octanol–water partition coefficient (Wildman–Crippen LogP) is 0.323. The standard InChI is InChI=1S/C8H19NO2/c1-4-8(2,3)7(11)9-5-6-10/h7,9-11H,4-6H2,1-3H3. The van der Waals surface area contributed by atoms with E-state index in [0.717, 1.165) is 6.42 Å². The predicted molar refractivity (Wildman–Crippen MR) is 45.2 cm³/mol. The van der Waals surface area contributed by atoms with Gasteiger partial charge in [-0.05, 0) is 6.42 Å². The Kier molecular flexibility index (Phi) is 4.65. The molecule has 0 aromatic heterocycles. The first-order valence-electron chi connectivity index (χ1n) is 4.07. The molecule has 0 aliphatic carbocycles. The summed E-state index contributed by atoms with van der Waals surface area (Å²) in [7, 11) is 0. The lowest BCUT2D eigenvalue weighted by atomic mass is 9.88. The summed E-state index contributed by atoms with van der Waals surface area (Å²) in [6.07, 6.45) is 0.381. The Morgan fingerprint density at radius 2 is 2.00 bits per heavy atom. The minimum Gasteiger partial charge on any atom is -0.395 e. The number of hydrogen-bond acceptors (Lipinski definition) is 3. The van der Waals surface area contributed by atoms with Crippen molar-refractivity contribution < 1.29 is 10.2 Å². The van der Waals surface area contributed by atoms with Crippen molar-refractivity contribution in [2.75, 3.05) is 13.2 Å². The summed E-state index contributed by atoms with van der Waals surface area (Å²) < 4.78 is 0. The van der Waals surface area contributed by atoms with Crippen molar-refractivity contribution >= 4 is 0 Å². The van der Waals surface area contributed by atoms with Crippen molar-refractivity contribution in [2.24, 2.45) is 5.41 Å². The van der Waals surface area contributed by atoms with Crippen LogP contribution in [0.5, 0.6) is 0 Å². The molecule has 11 heavy (non-hydrogen) atoms. The van der Waals surface area contributed by atoms with E-state index < -0.39 is 6.23 Å². The van der Waals surface area contributed by atoms with Crippen molar-refractivity contribution in [3.05, 3.63) is 0 Å². The fourth-order valence-electron chi connectivity index (χ4n) is 0.671. The van der Waals surface area contributed by atoms with Crippen LogP contribution in [0.2, 0.25) is 0 Å². The van der Waals surface area contributed by atoms with Crippen LogP contribution in [-0.4, -0.2) is 29.6 Å². The highest BCUT2D eigenvalue weighted by Crippen LogP contribution is 2.22. The number of aliphatic hydroxyl groups excluding tert-OH is 2. The summed E-state index contributed by atoms with van der Waals surface area (Å²) in [5.74, 6) is 0. The molecular weight excluding hydrogens is 142 g/mol. The molecule has 0 aliphatic heterocycles. The van der Waals surface area contributed by atoms with Crippen molar-refractivity contribution in [1.82, 2.24) is 5.32 Å². The third-order valence-electron chi connectivity index (χ3n) is 2.10. The van der Waals surface area contributed by atoms with Gasteiger partial charge in [-0.2, -0.15) is 0 Å². The molecule has 0 bridgehead atoms. The zero-order valence-corrected chi connectivity index (χ0v) is 7.59. The van der Waals surface area contributed by atoms with E-state index >= 15 is 0 Å². The van der Waals surface area contributed by atoms with Crippen molar-refractivity contribution in [2.45, 2.75) is 33.4 Å². The van der Waals surface area contributed by atoms with Gasteiger partial charge >= 0.3 is 0 Å². The molecule has 0 amide bonds. The van der Waals surface area contributed by atoms with E-state index in [0.29, 0.717) is 6.54 Å². The van der Waals surface area contributed by atoms with Crippen LogP contribution in [0.1, 0.15) is 27.2 Å². The average Bonchev–Trinajstić information content (AvgIpc) is 2.00. The van der Waals surface area contributed by atoms with Crippen LogP contribution in [0.25, 0.3) is 0 Å². The third kappa shape index (κ3) is 3.70. The lowest BCUT2D eigenvalue weighted by Gasteiger charge is -2.29. The molecule has 3 nitrogen and oxygen atoms in total. The van der Waals surface area contributed by atoms with E-state index in [2.05, 4.69) is 5.32 Å². The molecule has 0 fully saturated rings. The minimum atomic E-state index is -0.528. The van der Waals surface area contributed by atoms with Crippen LogP contribution < -0.4 is 5.32 Å². The molecule has 0 heterocycles. The van der Waals surface area contributed by atoms with E-state index in [9.17, 15) is 5.11 Å². The minimum absolute atomic E-state index is 0.0663. The molecule has 0 saturated carbocycles. The molecule has 0 rings (SSSR count). The van der Waals surface area contributed by atoms with Gasteiger partial charge in [0.25, 0.3) is 0 Å². The van der Waals surface area contributed by atoms with Crippen LogP contribution in [0.15, 0.2) is 0 Å². The molecule has 0 aliphatic rings. The van der Waals surface area contributed by atoms with Gasteiger partial charge in [0.1, 0.15) is 6.23 Å². The topological polar surface area (TPSA) is 52.5 Å². The monoisotopic (exact) mass is 161 g/mol.